The number of halogens is 1. The highest BCUT2D eigenvalue weighted by Crippen LogP contribution is 2.73. The number of rotatable bonds is 5. The van der Waals surface area contributed by atoms with Gasteiger partial charge in [-0.15, -0.1) is 6.58 Å². The molecule has 0 amide bonds. The fraction of sp³-hybridized carbons (Fsp3) is 0.711. The van der Waals surface area contributed by atoms with Gasteiger partial charge in [0.15, 0.2) is 0 Å². The first-order valence-corrected chi connectivity index (χ1v) is 19.6. The van der Waals surface area contributed by atoms with E-state index in [-0.39, 0.29) is 51.3 Å². The molecular formula is C45H65FO6. The molecular weight excluding hydrogens is 655 g/mol. The second-order valence-electron chi connectivity index (χ2n) is 18.5. The SMILES string of the molecule is C=CC.CC1CCC2(C#Cc3cc(F)ccc3C(=O)O)CCC3C(CCC4C3(C)CCC3C(C)(C)C(OC(=O)CC(C)(C)C=O)CCC34C)C12.CO. The van der Waals surface area contributed by atoms with Gasteiger partial charge < -0.3 is 19.7 Å². The number of aliphatic hydroxyl groups is 1. The van der Waals surface area contributed by atoms with Gasteiger partial charge in [-0.3, -0.25) is 4.79 Å². The lowest BCUT2D eigenvalue weighted by atomic mass is 9.36. The van der Waals surface area contributed by atoms with Gasteiger partial charge >= 0.3 is 11.9 Å². The van der Waals surface area contributed by atoms with Crippen LogP contribution in [0.2, 0.25) is 0 Å². The predicted octanol–water partition coefficient (Wildman–Crippen LogP) is 9.91. The summed E-state index contributed by atoms with van der Waals surface area (Å²) >= 11 is 0. The molecule has 0 spiro atoms. The Kier molecular flexibility index (Phi) is 12.7. The maximum Gasteiger partial charge on any atom is 0.336 e. The summed E-state index contributed by atoms with van der Waals surface area (Å²) in [5, 5.41) is 16.7. The molecule has 5 fully saturated rings. The second-order valence-corrected chi connectivity index (χ2v) is 18.5. The van der Waals surface area contributed by atoms with Crippen LogP contribution in [0.4, 0.5) is 4.39 Å². The minimum Gasteiger partial charge on any atom is -0.478 e. The molecule has 5 aliphatic rings. The van der Waals surface area contributed by atoms with E-state index in [2.05, 4.69) is 53.0 Å². The Balaban J connectivity index is 0.00000115. The fourth-order valence-corrected chi connectivity index (χ4v) is 12.6. The van der Waals surface area contributed by atoms with Gasteiger partial charge in [0.2, 0.25) is 0 Å². The smallest absolute Gasteiger partial charge is 0.336 e. The van der Waals surface area contributed by atoms with Gasteiger partial charge in [-0.25, -0.2) is 9.18 Å². The van der Waals surface area contributed by atoms with E-state index in [4.69, 9.17) is 9.84 Å². The number of hydrogen-bond donors (Lipinski definition) is 2. The molecule has 0 saturated heterocycles. The van der Waals surface area contributed by atoms with E-state index in [1.807, 2.05) is 6.92 Å². The van der Waals surface area contributed by atoms with E-state index < -0.39 is 17.2 Å². The van der Waals surface area contributed by atoms with Crippen LogP contribution in [0, 0.1) is 80.2 Å². The Morgan fingerprint density at radius 3 is 2.25 bits per heavy atom. The minimum atomic E-state index is -1.07. The van der Waals surface area contributed by atoms with Crippen molar-refractivity contribution >= 4 is 18.2 Å². The third-order valence-electron chi connectivity index (χ3n) is 14.7. The van der Waals surface area contributed by atoms with Crippen molar-refractivity contribution in [3.8, 4) is 11.8 Å². The van der Waals surface area contributed by atoms with Gasteiger partial charge in [0.1, 0.15) is 18.2 Å². The first-order valence-electron chi connectivity index (χ1n) is 19.6. The number of aldehydes is 1. The molecule has 7 heteroatoms. The zero-order valence-corrected chi connectivity index (χ0v) is 33.3. The second kappa shape index (κ2) is 15.8. The first kappa shape index (κ1) is 41.8. The van der Waals surface area contributed by atoms with Crippen LogP contribution in [0.5, 0.6) is 0 Å². The Labute approximate surface area is 312 Å². The van der Waals surface area contributed by atoms with E-state index in [0.29, 0.717) is 35.5 Å². The summed E-state index contributed by atoms with van der Waals surface area (Å²) in [5.41, 5.74) is -0.233. The standard InChI is InChI=1S/C41H55FO5.C3H6.CH4O/c1-25-12-19-41(20-13-26-22-27(42)8-9-28(26)36(45)46)21-14-30-29(35(25)41)10-11-32-39(30,6)17-15-31-38(4,5)33(16-18-40(31,32)7)47-34(44)23-37(2,3)24-43;1-3-2;1-2/h8-9,22,24-25,29-33,35H,10-12,14-19,21,23H2,1-7H3,(H,45,46);3H,1H2,2H3;2H,1H3. The lowest BCUT2D eigenvalue weighted by Gasteiger charge is -2.69. The number of carbonyl (C=O) groups excluding carboxylic acids is 2. The average molecular weight is 721 g/mol. The summed E-state index contributed by atoms with van der Waals surface area (Å²) in [6, 6.07) is 3.81. The minimum absolute atomic E-state index is 0.0711. The number of allylic oxidation sites excluding steroid dienone is 1. The third kappa shape index (κ3) is 7.53. The molecule has 1 aromatic rings. The van der Waals surface area contributed by atoms with Crippen LogP contribution in [0.3, 0.4) is 0 Å². The van der Waals surface area contributed by atoms with Crippen molar-refractivity contribution in [2.75, 3.05) is 7.11 Å². The van der Waals surface area contributed by atoms with E-state index in [1.54, 1.807) is 19.9 Å². The van der Waals surface area contributed by atoms with Crippen molar-refractivity contribution in [1.29, 1.82) is 0 Å². The number of fused-ring (bicyclic) bond motifs is 7. The quantitative estimate of drug-likeness (QED) is 0.136. The van der Waals surface area contributed by atoms with Gasteiger partial charge in [0.05, 0.1) is 12.0 Å². The molecule has 0 radical (unpaired) electrons. The molecule has 10 atom stereocenters. The Morgan fingerprint density at radius 2 is 1.62 bits per heavy atom. The highest BCUT2D eigenvalue weighted by molar-refractivity contribution is 5.90. The molecule has 0 aliphatic heterocycles. The molecule has 5 saturated carbocycles. The summed E-state index contributed by atoms with van der Waals surface area (Å²) in [5.74, 6) is 8.40. The number of aliphatic hydroxyl groups excluding tert-OH is 1. The first-order chi connectivity index (χ1) is 24.4. The summed E-state index contributed by atoms with van der Waals surface area (Å²) < 4.78 is 20.4. The molecule has 2 N–H and O–H groups in total. The van der Waals surface area contributed by atoms with Crippen LogP contribution >= 0.6 is 0 Å². The summed E-state index contributed by atoms with van der Waals surface area (Å²) in [6.07, 6.45) is 13.6. The van der Waals surface area contributed by atoms with E-state index >= 15 is 0 Å². The van der Waals surface area contributed by atoms with E-state index in [9.17, 15) is 23.9 Å². The molecule has 0 bridgehead atoms. The molecule has 6 nitrogen and oxygen atoms in total. The number of carboxylic acid groups (broad SMARTS) is 1. The lowest BCUT2D eigenvalue weighted by molar-refractivity contribution is -0.221. The summed E-state index contributed by atoms with van der Waals surface area (Å²) in [4.78, 5) is 36.3. The molecule has 1 aromatic carbocycles. The van der Waals surface area contributed by atoms with Gasteiger partial charge in [-0.2, -0.15) is 0 Å². The largest absolute Gasteiger partial charge is 0.478 e. The molecule has 0 aromatic heterocycles. The third-order valence-corrected chi connectivity index (χ3v) is 14.7. The number of benzene rings is 1. The number of ether oxygens (including phenoxy) is 1. The van der Waals surface area contributed by atoms with Crippen LogP contribution in [-0.2, 0) is 14.3 Å². The summed E-state index contributed by atoms with van der Waals surface area (Å²) in [7, 11) is 1.00. The summed E-state index contributed by atoms with van der Waals surface area (Å²) in [6.45, 7) is 21.0. The van der Waals surface area contributed by atoms with Gasteiger partial charge in [0, 0.05) is 28.9 Å². The van der Waals surface area contributed by atoms with Gasteiger partial charge in [-0.05, 0) is 136 Å². The fourth-order valence-electron chi connectivity index (χ4n) is 12.6. The topological polar surface area (TPSA) is 101 Å². The van der Waals surface area contributed by atoms with Crippen LogP contribution in [0.25, 0.3) is 0 Å². The Hall–Kier alpha value is -2.98. The van der Waals surface area contributed by atoms with E-state index in [0.717, 1.165) is 58.3 Å². The molecule has 52 heavy (non-hydrogen) atoms. The molecule has 10 unspecified atom stereocenters. The van der Waals surface area contributed by atoms with Gasteiger partial charge in [-0.1, -0.05) is 66.4 Å². The van der Waals surface area contributed by atoms with Crippen LogP contribution in [-0.4, -0.2) is 41.7 Å². The maximum absolute atomic E-state index is 14.2. The average Bonchev–Trinajstić information content (AvgIpc) is 3.42. The zero-order valence-electron chi connectivity index (χ0n) is 33.3. The number of esters is 1. The normalized spacial score (nSPS) is 36.9. The van der Waals surface area contributed by atoms with Crippen LogP contribution in [0.15, 0.2) is 30.9 Å². The number of carboxylic acids is 1. The zero-order chi connectivity index (χ0) is 38.9. The highest BCUT2D eigenvalue weighted by atomic mass is 19.1. The van der Waals surface area contributed by atoms with Crippen molar-refractivity contribution in [3.63, 3.8) is 0 Å². The lowest BCUT2D eigenvalue weighted by Crippen LogP contribution is -2.63. The van der Waals surface area contributed by atoms with Crippen LogP contribution in [0.1, 0.15) is 142 Å². The van der Waals surface area contributed by atoms with Crippen molar-refractivity contribution in [2.45, 2.75) is 132 Å². The number of aromatic carboxylic acids is 1. The molecule has 288 valence electrons. The highest BCUT2D eigenvalue weighted by Gasteiger charge is 2.67. The monoisotopic (exact) mass is 720 g/mol. The Bertz CT molecular complexity index is 1550. The number of carbonyl (C=O) groups is 3. The maximum atomic E-state index is 14.2. The van der Waals surface area contributed by atoms with Crippen molar-refractivity contribution in [3.05, 3.63) is 47.8 Å². The van der Waals surface area contributed by atoms with Crippen LogP contribution < -0.4 is 0 Å². The van der Waals surface area contributed by atoms with Crippen molar-refractivity contribution < 1.29 is 33.7 Å². The van der Waals surface area contributed by atoms with Gasteiger partial charge in [0.25, 0.3) is 0 Å². The molecule has 5 aliphatic carbocycles. The molecule has 0 heterocycles. The van der Waals surface area contributed by atoms with Crippen molar-refractivity contribution in [1.82, 2.24) is 0 Å². The molecule has 6 rings (SSSR count). The van der Waals surface area contributed by atoms with Crippen molar-refractivity contribution in [2.24, 2.45) is 62.6 Å². The Morgan fingerprint density at radius 1 is 0.981 bits per heavy atom. The number of hydrogen-bond acceptors (Lipinski definition) is 5. The van der Waals surface area contributed by atoms with E-state index in [1.165, 1.54) is 37.5 Å². The predicted molar refractivity (Wildman–Crippen MR) is 204 cm³/mol.